The summed E-state index contributed by atoms with van der Waals surface area (Å²) in [5.41, 5.74) is 6.34. The summed E-state index contributed by atoms with van der Waals surface area (Å²) in [7, 11) is 0. The third kappa shape index (κ3) is 4.54. The van der Waals surface area contributed by atoms with Crippen LogP contribution in [-0.2, 0) is 16.1 Å². The first kappa shape index (κ1) is 15.5. The normalized spacial score (nSPS) is 11.3. The molecule has 0 fully saturated rings. The number of benzene rings is 1. The summed E-state index contributed by atoms with van der Waals surface area (Å²) in [6.45, 7) is 2.75. The molecule has 1 aromatic carbocycles. The Morgan fingerprint density at radius 3 is 2.37 bits per heavy atom. The van der Waals surface area contributed by atoms with E-state index in [4.69, 9.17) is 28.9 Å². The molecule has 0 atom stereocenters. The lowest BCUT2D eigenvalue weighted by atomic mass is 10.2. The fourth-order valence-corrected chi connectivity index (χ4v) is 1.72. The Labute approximate surface area is 121 Å². The molecule has 0 aliphatic carbocycles. The quantitative estimate of drug-likeness (QED) is 0.672. The average molecular weight is 302 g/mol. The summed E-state index contributed by atoms with van der Waals surface area (Å²) in [5, 5.41) is 0.801. The van der Waals surface area contributed by atoms with Crippen LogP contribution in [0.5, 0.6) is 0 Å². The van der Waals surface area contributed by atoms with Crippen LogP contribution in [0.15, 0.2) is 23.2 Å². The highest BCUT2D eigenvalue weighted by molar-refractivity contribution is 6.42. The number of hydrogen-bond acceptors (Lipinski definition) is 2. The highest BCUT2D eigenvalue weighted by Gasteiger charge is 2.15. The largest absolute Gasteiger partial charge is 0.369 e. The van der Waals surface area contributed by atoms with Gasteiger partial charge < -0.3 is 5.73 Å². The molecule has 0 aliphatic heterocycles. The molecule has 0 aliphatic rings. The molecule has 0 heterocycles. The third-order valence-electron chi connectivity index (χ3n) is 2.25. The standard InChI is InChI=1S/C12H13Cl2N3O2/c1-7(18)16-12(15)17(8(2)19)6-9-3-4-10(13)11(14)5-9/h3-5H,6H2,1-2H3,(H2,15,16,18). The summed E-state index contributed by atoms with van der Waals surface area (Å²) < 4.78 is 0. The van der Waals surface area contributed by atoms with Gasteiger partial charge in [-0.3, -0.25) is 14.5 Å². The van der Waals surface area contributed by atoms with Crippen molar-refractivity contribution < 1.29 is 9.59 Å². The molecule has 0 radical (unpaired) electrons. The molecule has 1 aromatic rings. The molecule has 0 bridgehead atoms. The molecule has 0 saturated carbocycles. The Balaban J connectivity index is 2.99. The van der Waals surface area contributed by atoms with Crippen molar-refractivity contribution in [2.24, 2.45) is 10.7 Å². The second kappa shape index (κ2) is 6.54. The molecule has 2 amide bonds. The first-order chi connectivity index (χ1) is 8.81. The topological polar surface area (TPSA) is 75.8 Å². The van der Waals surface area contributed by atoms with E-state index in [9.17, 15) is 9.59 Å². The maximum absolute atomic E-state index is 11.5. The van der Waals surface area contributed by atoms with Crippen LogP contribution in [0.3, 0.4) is 0 Å². The molecular formula is C12H13Cl2N3O2. The van der Waals surface area contributed by atoms with Gasteiger partial charge in [-0.1, -0.05) is 29.3 Å². The predicted molar refractivity (Wildman–Crippen MR) is 75.0 cm³/mol. The molecule has 0 spiro atoms. The van der Waals surface area contributed by atoms with E-state index in [2.05, 4.69) is 4.99 Å². The Hall–Kier alpha value is -1.59. The van der Waals surface area contributed by atoms with E-state index in [-0.39, 0.29) is 18.4 Å². The van der Waals surface area contributed by atoms with Gasteiger partial charge in [-0.2, -0.15) is 4.99 Å². The lowest BCUT2D eigenvalue weighted by molar-refractivity contribution is -0.125. The highest BCUT2D eigenvalue weighted by atomic mass is 35.5. The van der Waals surface area contributed by atoms with E-state index in [1.807, 2.05) is 0 Å². The number of hydrogen-bond donors (Lipinski definition) is 1. The van der Waals surface area contributed by atoms with Gasteiger partial charge in [-0.25, -0.2) is 0 Å². The van der Waals surface area contributed by atoms with Crippen molar-refractivity contribution in [3.63, 3.8) is 0 Å². The number of nitrogens with two attached hydrogens (primary N) is 1. The smallest absolute Gasteiger partial charge is 0.245 e. The maximum Gasteiger partial charge on any atom is 0.245 e. The van der Waals surface area contributed by atoms with Gasteiger partial charge in [0.2, 0.25) is 17.8 Å². The Morgan fingerprint density at radius 1 is 1.26 bits per heavy atom. The molecule has 0 aromatic heterocycles. The van der Waals surface area contributed by atoms with Gasteiger partial charge >= 0.3 is 0 Å². The number of guanidine groups is 1. The van der Waals surface area contributed by atoms with Crippen molar-refractivity contribution in [1.29, 1.82) is 0 Å². The number of carbonyl (C=O) groups is 2. The fraction of sp³-hybridized carbons (Fsp3) is 0.250. The summed E-state index contributed by atoms with van der Waals surface area (Å²) in [4.78, 5) is 27.1. The summed E-state index contributed by atoms with van der Waals surface area (Å²) in [6, 6.07) is 4.96. The van der Waals surface area contributed by atoms with Crippen LogP contribution in [0.4, 0.5) is 0 Å². The molecule has 5 nitrogen and oxygen atoms in total. The number of aliphatic imine (C=N–C) groups is 1. The SMILES string of the molecule is CC(=O)N=C(N)N(Cc1ccc(Cl)c(Cl)c1)C(C)=O. The summed E-state index contributed by atoms with van der Waals surface area (Å²) >= 11 is 11.7. The first-order valence-electron chi connectivity index (χ1n) is 5.38. The first-order valence-corrected chi connectivity index (χ1v) is 6.13. The minimum absolute atomic E-state index is 0.147. The predicted octanol–water partition coefficient (Wildman–Crippen LogP) is 2.20. The van der Waals surface area contributed by atoms with Crippen LogP contribution in [0, 0.1) is 0 Å². The van der Waals surface area contributed by atoms with Crippen LogP contribution in [0.1, 0.15) is 19.4 Å². The monoisotopic (exact) mass is 301 g/mol. The van der Waals surface area contributed by atoms with Crippen molar-refractivity contribution >= 4 is 41.0 Å². The van der Waals surface area contributed by atoms with Gasteiger partial charge in [0, 0.05) is 13.8 Å². The molecule has 0 unspecified atom stereocenters. The number of amides is 2. The Morgan fingerprint density at radius 2 is 1.89 bits per heavy atom. The molecule has 7 heteroatoms. The van der Waals surface area contributed by atoms with Gasteiger partial charge in [-0.15, -0.1) is 0 Å². The highest BCUT2D eigenvalue weighted by Crippen LogP contribution is 2.23. The molecular weight excluding hydrogens is 289 g/mol. The van der Waals surface area contributed by atoms with E-state index in [1.54, 1.807) is 18.2 Å². The van der Waals surface area contributed by atoms with Crippen molar-refractivity contribution in [2.45, 2.75) is 20.4 Å². The molecule has 1 rings (SSSR count). The maximum atomic E-state index is 11.5. The zero-order valence-corrected chi connectivity index (χ0v) is 12.0. The van der Waals surface area contributed by atoms with Crippen LogP contribution >= 0.6 is 23.2 Å². The van der Waals surface area contributed by atoms with Crippen molar-refractivity contribution in [2.75, 3.05) is 0 Å². The second-order valence-electron chi connectivity index (χ2n) is 3.84. The van der Waals surface area contributed by atoms with Crippen LogP contribution in [0.2, 0.25) is 10.0 Å². The minimum atomic E-state index is -0.474. The number of nitrogens with zero attached hydrogens (tertiary/aromatic N) is 2. The summed E-state index contributed by atoms with van der Waals surface area (Å²) in [5.74, 6) is -0.947. The van der Waals surface area contributed by atoms with E-state index < -0.39 is 5.91 Å². The van der Waals surface area contributed by atoms with Gasteiger partial charge in [0.1, 0.15) is 0 Å². The zero-order valence-electron chi connectivity index (χ0n) is 10.5. The Kier molecular flexibility index (Phi) is 5.32. The van der Waals surface area contributed by atoms with Gasteiger partial charge in [0.15, 0.2) is 0 Å². The van der Waals surface area contributed by atoms with E-state index in [0.717, 1.165) is 5.56 Å². The molecule has 2 N–H and O–H groups in total. The summed E-state index contributed by atoms with van der Waals surface area (Å²) in [6.07, 6.45) is 0. The van der Waals surface area contributed by atoms with Gasteiger partial charge in [0.05, 0.1) is 16.6 Å². The molecule has 0 saturated heterocycles. The van der Waals surface area contributed by atoms with E-state index in [0.29, 0.717) is 10.0 Å². The van der Waals surface area contributed by atoms with Gasteiger partial charge in [-0.05, 0) is 17.7 Å². The lowest BCUT2D eigenvalue weighted by Crippen LogP contribution is -2.40. The van der Waals surface area contributed by atoms with Crippen molar-refractivity contribution in [3.05, 3.63) is 33.8 Å². The van der Waals surface area contributed by atoms with Crippen LogP contribution < -0.4 is 5.73 Å². The number of carbonyl (C=O) groups excluding carboxylic acids is 2. The van der Waals surface area contributed by atoms with E-state index >= 15 is 0 Å². The fourth-order valence-electron chi connectivity index (χ4n) is 1.40. The minimum Gasteiger partial charge on any atom is -0.369 e. The van der Waals surface area contributed by atoms with Crippen LogP contribution in [-0.4, -0.2) is 22.7 Å². The zero-order chi connectivity index (χ0) is 14.6. The average Bonchev–Trinajstić information content (AvgIpc) is 2.29. The molecule has 102 valence electrons. The van der Waals surface area contributed by atoms with E-state index in [1.165, 1.54) is 18.7 Å². The second-order valence-corrected chi connectivity index (χ2v) is 4.66. The lowest BCUT2D eigenvalue weighted by Gasteiger charge is -2.19. The number of rotatable bonds is 2. The van der Waals surface area contributed by atoms with Crippen molar-refractivity contribution in [3.8, 4) is 0 Å². The van der Waals surface area contributed by atoms with Crippen LogP contribution in [0.25, 0.3) is 0 Å². The Bertz CT molecular complexity index is 544. The molecule has 19 heavy (non-hydrogen) atoms. The number of halogens is 2. The van der Waals surface area contributed by atoms with Gasteiger partial charge in [0.25, 0.3) is 0 Å². The van der Waals surface area contributed by atoms with Crippen molar-refractivity contribution in [1.82, 2.24) is 4.90 Å². The third-order valence-corrected chi connectivity index (χ3v) is 2.99.